The van der Waals surface area contributed by atoms with Crippen LogP contribution in [0.3, 0.4) is 0 Å². The Balaban J connectivity index is 1.62. The molecule has 0 spiro atoms. The summed E-state index contributed by atoms with van der Waals surface area (Å²) in [5.41, 5.74) is 3.54. The van der Waals surface area contributed by atoms with Crippen molar-refractivity contribution in [2.75, 3.05) is 12.0 Å². The minimum absolute atomic E-state index is 0.103. The predicted octanol–water partition coefficient (Wildman–Crippen LogP) is 2.84. The lowest BCUT2D eigenvalue weighted by Crippen LogP contribution is -2.30. The number of rotatable bonds is 6. The molecule has 0 unspecified atom stereocenters. The van der Waals surface area contributed by atoms with Gasteiger partial charge in [-0.1, -0.05) is 12.1 Å². The SMILES string of the molecule is CSCC[C@H](NC(=O)c1nc2nc(C)cc(C)n2n1)c1nc2ccccc2[nH]1. The molecule has 8 nitrogen and oxygen atoms in total. The fourth-order valence-corrected chi connectivity index (χ4v) is 3.61. The standard InChI is InChI=1S/C19H21N7OS/c1-11-10-12(2)26-19(20-11)24-17(25-26)18(27)23-15(8-9-28-3)16-21-13-6-4-5-7-14(13)22-16/h4-7,10,15H,8-9H2,1-3H3,(H,21,22)(H,23,27)/t15-/m0/s1. The topological polar surface area (TPSA) is 101 Å². The van der Waals surface area contributed by atoms with Crippen LogP contribution in [0.1, 0.15) is 40.3 Å². The number of para-hydroxylation sites is 2. The van der Waals surface area contributed by atoms with E-state index in [2.05, 4.69) is 30.4 Å². The van der Waals surface area contributed by atoms with E-state index in [4.69, 9.17) is 0 Å². The van der Waals surface area contributed by atoms with Crippen molar-refractivity contribution < 1.29 is 4.79 Å². The van der Waals surface area contributed by atoms with E-state index in [0.29, 0.717) is 5.78 Å². The van der Waals surface area contributed by atoms with Gasteiger partial charge in [-0.05, 0) is 50.5 Å². The Labute approximate surface area is 166 Å². The third kappa shape index (κ3) is 3.57. The van der Waals surface area contributed by atoms with Crippen LogP contribution >= 0.6 is 11.8 Å². The zero-order valence-corrected chi connectivity index (χ0v) is 16.7. The van der Waals surface area contributed by atoms with E-state index in [-0.39, 0.29) is 17.8 Å². The number of nitrogens with zero attached hydrogens (tertiary/aromatic N) is 5. The van der Waals surface area contributed by atoms with E-state index in [1.165, 1.54) is 0 Å². The maximum Gasteiger partial charge on any atom is 0.291 e. The van der Waals surface area contributed by atoms with Crippen LogP contribution in [0.5, 0.6) is 0 Å². The van der Waals surface area contributed by atoms with Crippen LogP contribution in [0.4, 0.5) is 0 Å². The normalized spacial score (nSPS) is 12.5. The summed E-state index contributed by atoms with van der Waals surface area (Å²) in [6, 6.07) is 9.47. The van der Waals surface area contributed by atoms with Gasteiger partial charge in [-0.3, -0.25) is 4.79 Å². The highest BCUT2D eigenvalue weighted by Crippen LogP contribution is 2.20. The fraction of sp³-hybridized carbons (Fsp3) is 0.316. The summed E-state index contributed by atoms with van der Waals surface area (Å²) >= 11 is 1.72. The first-order chi connectivity index (χ1) is 13.5. The molecule has 3 heterocycles. The van der Waals surface area contributed by atoms with Crippen molar-refractivity contribution in [3.05, 3.63) is 53.4 Å². The Morgan fingerprint density at radius 3 is 2.86 bits per heavy atom. The summed E-state index contributed by atoms with van der Waals surface area (Å²) in [7, 11) is 0. The average molecular weight is 395 g/mol. The number of amides is 1. The third-order valence-electron chi connectivity index (χ3n) is 4.48. The van der Waals surface area contributed by atoms with Crippen molar-refractivity contribution in [1.29, 1.82) is 0 Å². The number of thioether (sulfide) groups is 1. The number of carbonyl (C=O) groups is 1. The molecule has 28 heavy (non-hydrogen) atoms. The van der Waals surface area contributed by atoms with Crippen LogP contribution in [0, 0.1) is 13.8 Å². The average Bonchev–Trinajstić information content (AvgIpc) is 3.29. The van der Waals surface area contributed by atoms with E-state index in [0.717, 1.165) is 40.4 Å². The molecule has 1 amide bonds. The lowest BCUT2D eigenvalue weighted by molar-refractivity contribution is 0.0924. The molecule has 9 heteroatoms. The molecule has 0 radical (unpaired) electrons. The number of aromatic amines is 1. The molecule has 4 rings (SSSR count). The van der Waals surface area contributed by atoms with Crippen molar-refractivity contribution in [2.24, 2.45) is 0 Å². The molecule has 2 N–H and O–H groups in total. The summed E-state index contributed by atoms with van der Waals surface area (Å²) in [4.78, 5) is 29.4. The van der Waals surface area contributed by atoms with Crippen LogP contribution in [-0.4, -0.2) is 47.5 Å². The number of aryl methyl sites for hydroxylation is 2. The minimum Gasteiger partial charge on any atom is -0.340 e. The number of aromatic nitrogens is 6. The Bertz CT molecular complexity index is 1120. The summed E-state index contributed by atoms with van der Waals surface area (Å²) < 4.78 is 1.58. The van der Waals surface area contributed by atoms with Crippen LogP contribution in [0.2, 0.25) is 0 Å². The van der Waals surface area contributed by atoms with Gasteiger partial charge in [0.1, 0.15) is 5.82 Å². The Morgan fingerprint density at radius 2 is 2.07 bits per heavy atom. The third-order valence-corrected chi connectivity index (χ3v) is 5.12. The Morgan fingerprint density at radius 1 is 1.25 bits per heavy atom. The van der Waals surface area contributed by atoms with Crippen molar-refractivity contribution in [3.63, 3.8) is 0 Å². The van der Waals surface area contributed by atoms with Gasteiger partial charge in [0.25, 0.3) is 11.7 Å². The molecule has 3 aromatic heterocycles. The molecule has 4 aromatic rings. The van der Waals surface area contributed by atoms with Crippen LogP contribution < -0.4 is 5.32 Å². The van der Waals surface area contributed by atoms with Gasteiger partial charge in [-0.25, -0.2) is 14.5 Å². The predicted molar refractivity (Wildman–Crippen MR) is 110 cm³/mol. The molecule has 0 aliphatic carbocycles. The van der Waals surface area contributed by atoms with E-state index in [1.54, 1.807) is 16.3 Å². The van der Waals surface area contributed by atoms with Gasteiger partial charge >= 0.3 is 0 Å². The van der Waals surface area contributed by atoms with Gasteiger partial charge in [0.15, 0.2) is 0 Å². The number of benzene rings is 1. The second-order valence-electron chi connectivity index (χ2n) is 6.63. The zero-order valence-electron chi connectivity index (χ0n) is 15.9. The molecule has 0 aliphatic rings. The molecule has 0 saturated heterocycles. The molecule has 0 bridgehead atoms. The second kappa shape index (κ2) is 7.59. The largest absolute Gasteiger partial charge is 0.340 e. The lowest BCUT2D eigenvalue weighted by Gasteiger charge is -2.15. The zero-order chi connectivity index (χ0) is 19.7. The Hall–Kier alpha value is -2.94. The van der Waals surface area contributed by atoms with E-state index >= 15 is 0 Å². The molecule has 0 aliphatic heterocycles. The van der Waals surface area contributed by atoms with Gasteiger partial charge in [0.2, 0.25) is 5.82 Å². The molecular formula is C19H21N7OS. The van der Waals surface area contributed by atoms with Crippen molar-refractivity contribution in [2.45, 2.75) is 26.3 Å². The summed E-state index contributed by atoms with van der Waals surface area (Å²) in [5.74, 6) is 1.81. The number of imidazole rings is 1. The second-order valence-corrected chi connectivity index (χ2v) is 7.62. The van der Waals surface area contributed by atoms with Gasteiger partial charge in [0, 0.05) is 11.4 Å². The molecular weight excluding hydrogens is 374 g/mol. The summed E-state index contributed by atoms with van der Waals surface area (Å²) in [5, 5.41) is 7.35. The summed E-state index contributed by atoms with van der Waals surface area (Å²) in [6.45, 7) is 3.80. The quantitative estimate of drug-likeness (QED) is 0.521. The molecule has 0 saturated carbocycles. The first-order valence-electron chi connectivity index (χ1n) is 9.00. The number of fused-ring (bicyclic) bond motifs is 2. The fourth-order valence-electron chi connectivity index (χ4n) is 3.14. The summed E-state index contributed by atoms with van der Waals surface area (Å²) in [6.07, 6.45) is 2.79. The van der Waals surface area contributed by atoms with Crippen molar-refractivity contribution in [3.8, 4) is 0 Å². The number of hydrogen-bond acceptors (Lipinski definition) is 6. The highest BCUT2D eigenvalue weighted by atomic mass is 32.2. The van der Waals surface area contributed by atoms with Crippen LogP contribution in [-0.2, 0) is 0 Å². The molecule has 144 valence electrons. The monoisotopic (exact) mass is 395 g/mol. The van der Waals surface area contributed by atoms with Crippen LogP contribution in [0.25, 0.3) is 16.8 Å². The first-order valence-corrected chi connectivity index (χ1v) is 10.4. The molecule has 1 atom stereocenters. The van der Waals surface area contributed by atoms with Crippen molar-refractivity contribution in [1.82, 2.24) is 34.9 Å². The molecule has 0 fully saturated rings. The number of H-pyrrole nitrogens is 1. The first kappa shape index (κ1) is 18.4. The van der Waals surface area contributed by atoms with E-state index < -0.39 is 0 Å². The maximum absolute atomic E-state index is 12.8. The van der Waals surface area contributed by atoms with Gasteiger partial charge in [-0.15, -0.1) is 5.10 Å². The highest BCUT2D eigenvalue weighted by Gasteiger charge is 2.22. The highest BCUT2D eigenvalue weighted by molar-refractivity contribution is 7.98. The smallest absolute Gasteiger partial charge is 0.291 e. The lowest BCUT2D eigenvalue weighted by atomic mass is 10.2. The van der Waals surface area contributed by atoms with Gasteiger partial charge in [-0.2, -0.15) is 16.7 Å². The number of nitrogens with one attached hydrogen (secondary N) is 2. The Kier molecular flexibility index (Phi) is 4.99. The molecule has 1 aromatic carbocycles. The van der Waals surface area contributed by atoms with Crippen molar-refractivity contribution >= 4 is 34.5 Å². The van der Waals surface area contributed by atoms with E-state index in [1.807, 2.05) is 50.4 Å². The van der Waals surface area contributed by atoms with Crippen LogP contribution in [0.15, 0.2) is 30.3 Å². The number of hydrogen-bond donors (Lipinski definition) is 2. The minimum atomic E-state index is -0.339. The maximum atomic E-state index is 12.8. The van der Waals surface area contributed by atoms with Gasteiger partial charge in [0.05, 0.1) is 17.1 Å². The number of carbonyl (C=O) groups excluding carboxylic acids is 1. The van der Waals surface area contributed by atoms with Gasteiger partial charge < -0.3 is 10.3 Å². The van der Waals surface area contributed by atoms with E-state index in [9.17, 15) is 4.79 Å².